The van der Waals surface area contributed by atoms with E-state index in [-0.39, 0.29) is 46.8 Å². The molecule has 3 N–H and O–H groups in total. The Morgan fingerprint density at radius 2 is 1.79 bits per heavy atom. The van der Waals surface area contributed by atoms with Gasteiger partial charge in [-0.15, -0.1) is 0 Å². The molecule has 0 unspecified atom stereocenters. The van der Waals surface area contributed by atoms with E-state index in [0.717, 1.165) is 44.9 Å². The van der Waals surface area contributed by atoms with E-state index in [2.05, 4.69) is 20.8 Å². The molecule has 0 aromatic heterocycles. The van der Waals surface area contributed by atoms with Gasteiger partial charge < -0.3 is 20.1 Å². The third-order valence-electron chi connectivity index (χ3n) is 10.2. The highest BCUT2D eigenvalue weighted by Gasteiger charge is 2.65. The molecule has 29 heavy (non-hydrogen) atoms. The largest absolute Gasteiger partial charge is 0.469 e. The van der Waals surface area contributed by atoms with Crippen LogP contribution in [0.3, 0.4) is 0 Å². The molecule has 4 rings (SSSR count). The number of esters is 1. The summed E-state index contributed by atoms with van der Waals surface area (Å²) in [5.41, 5.74) is -0.159. The van der Waals surface area contributed by atoms with Crippen molar-refractivity contribution in [2.75, 3.05) is 7.11 Å². The lowest BCUT2D eigenvalue weighted by molar-refractivity contribution is -0.207. The molecule has 5 nitrogen and oxygen atoms in total. The number of carbonyl (C=O) groups is 1. The van der Waals surface area contributed by atoms with Crippen molar-refractivity contribution in [3.05, 3.63) is 0 Å². The minimum atomic E-state index is -0.407. The predicted octanol–water partition coefficient (Wildman–Crippen LogP) is 3.15. The lowest BCUT2D eigenvalue weighted by Crippen LogP contribution is -2.62. The SMILES string of the molecule is COC(=O)C[C@H](C)[C@H]1CC[C@H]2[C@@H]3[C@H](O)C[C@H]4C[C@@H](O)CC[C@]4(C)[C@H]3C[C@@H](O)[C@]12C. The third kappa shape index (κ3) is 3.18. The van der Waals surface area contributed by atoms with Gasteiger partial charge in [0.1, 0.15) is 0 Å². The number of fused-ring (bicyclic) bond motifs is 5. The van der Waals surface area contributed by atoms with Crippen LogP contribution in [-0.4, -0.2) is 46.7 Å². The van der Waals surface area contributed by atoms with Crippen LogP contribution in [0, 0.1) is 46.3 Å². The molecule has 0 saturated heterocycles. The molecule has 0 heterocycles. The lowest BCUT2D eigenvalue weighted by atomic mass is 9.43. The summed E-state index contributed by atoms with van der Waals surface area (Å²) in [6.45, 7) is 6.69. The van der Waals surface area contributed by atoms with Gasteiger partial charge in [-0.3, -0.25) is 4.79 Å². The Bertz CT molecular complexity index is 637. The van der Waals surface area contributed by atoms with Gasteiger partial charge in [-0.1, -0.05) is 20.8 Å². The smallest absolute Gasteiger partial charge is 0.305 e. The van der Waals surface area contributed by atoms with E-state index in [0.29, 0.717) is 24.2 Å². The molecule has 0 amide bonds. The van der Waals surface area contributed by atoms with Crippen LogP contribution >= 0.6 is 0 Å². The topological polar surface area (TPSA) is 87.0 Å². The van der Waals surface area contributed by atoms with E-state index in [9.17, 15) is 20.1 Å². The van der Waals surface area contributed by atoms with Gasteiger partial charge >= 0.3 is 5.97 Å². The zero-order valence-corrected chi connectivity index (χ0v) is 18.5. The standard InChI is InChI=1S/C24H40O5/c1-13(9-21(28)29-4)16-5-6-17-22-18(12-20(27)24(16,17)3)23(2)8-7-15(25)10-14(23)11-19(22)26/h13-20,22,25-27H,5-12H2,1-4H3/t13-,14+,15-,16+,17-,18-,19+,20+,22-,23-,24+/m0/s1. The van der Waals surface area contributed by atoms with Gasteiger partial charge in [0.25, 0.3) is 0 Å². The minimum absolute atomic E-state index is 0.0984. The summed E-state index contributed by atoms with van der Waals surface area (Å²) in [4.78, 5) is 11.9. The van der Waals surface area contributed by atoms with E-state index >= 15 is 0 Å². The summed E-state index contributed by atoms with van der Waals surface area (Å²) in [7, 11) is 1.44. The summed E-state index contributed by atoms with van der Waals surface area (Å²) < 4.78 is 4.90. The molecule has 0 radical (unpaired) electrons. The van der Waals surface area contributed by atoms with Crippen LogP contribution in [0.4, 0.5) is 0 Å². The van der Waals surface area contributed by atoms with Crippen LogP contribution < -0.4 is 0 Å². The van der Waals surface area contributed by atoms with Gasteiger partial charge in [0.2, 0.25) is 0 Å². The Kier molecular flexibility index (Phi) is 5.57. The maximum Gasteiger partial charge on any atom is 0.305 e. The summed E-state index contributed by atoms with van der Waals surface area (Å²) in [6.07, 6.45) is 5.54. The maximum absolute atomic E-state index is 11.9. The fraction of sp³-hybridized carbons (Fsp3) is 0.958. The second kappa shape index (κ2) is 7.49. The highest BCUT2D eigenvalue weighted by Crippen LogP contribution is 2.68. The van der Waals surface area contributed by atoms with Crippen LogP contribution in [0.1, 0.15) is 72.1 Å². The Hall–Kier alpha value is -0.650. The Balaban J connectivity index is 1.62. The summed E-state index contributed by atoms with van der Waals surface area (Å²) in [6, 6.07) is 0. The highest BCUT2D eigenvalue weighted by atomic mass is 16.5. The average molecular weight is 409 g/mol. The zero-order chi connectivity index (χ0) is 21.1. The minimum Gasteiger partial charge on any atom is -0.469 e. The molecular formula is C24H40O5. The van der Waals surface area contributed by atoms with Gasteiger partial charge in [0.05, 0.1) is 25.4 Å². The molecule has 4 aliphatic rings. The molecule has 166 valence electrons. The zero-order valence-electron chi connectivity index (χ0n) is 18.5. The Morgan fingerprint density at radius 3 is 2.48 bits per heavy atom. The first-order chi connectivity index (χ1) is 13.6. The Labute approximate surface area is 175 Å². The molecule has 0 aromatic rings. The molecule has 0 aliphatic heterocycles. The van der Waals surface area contributed by atoms with Crippen LogP contribution in [0.5, 0.6) is 0 Å². The fourth-order valence-corrected chi connectivity index (χ4v) is 8.62. The predicted molar refractivity (Wildman–Crippen MR) is 110 cm³/mol. The van der Waals surface area contributed by atoms with Crippen molar-refractivity contribution in [2.45, 2.75) is 90.4 Å². The summed E-state index contributed by atoms with van der Waals surface area (Å²) >= 11 is 0. The van der Waals surface area contributed by atoms with Crippen molar-refractivity contribution in [1.29, 1.82) is 0 Å². The van der Waals surface area contributed by atoms with Gasteiger partial charge in [0.15, 0.2) is 0 Å². The molecule has 4 aliphatic carbocycles. The number of aliphatic hydroxyl groups is 3. The van der Waals surface area contributed by atoms with Crippen molar-refractivity contribution < 1.29 is 24.9 Å². The van der Waals surface area contributed by atoms with Crippen LogP contribution in [0.2, 0.25) is 0 Å². The molecule has 5 heteroatoms. The lowest BCUT2D eigenvalue weighted by Gasteiger charge is -2.63. The van der Waals surface area contributed by atoms with Crippen molar-refractivity contribution in [1.82, 2.24) is 0 Å². The second-order valence-corrected chi connectivity index (χ2v) is 11.3. The number of rotatable bonds is 3. The summed E-state index contributed by atoms with van der Waals surface area (Å²) in [5, 5.41) is 33.0. The number of methoxy groups -OCH3 is 1. The monoisotopic (exact) mass is 408 g/mol. The number of carbonyl (C=O) groups excluding carboxylic acids is 1. The van der Waals surface area contributed by atoms with Crippen molar-refractivity contribution >= 4 is 5.97 Å². The third-order valence-corrected chi connectivity index (χ3v) is 10.2. The van der Waals surface area contributed by atoms with Crippen LogP contribution in [0.15, 0.2) is 0 Å². The number of hydrogen-bond donors (Lipinski definition) is 3. The molecule has 4 saturated carbocycles. The van der Waals surface area contributed by atoms with Crippen LogP contribution in [0.25, 0.3) is 0 Å². The number of hydrogen-bond acceptors (Lipinski definition) is 5. The van der Waals surface area contributed by atoms with Gasteiger partial charge in [0, 0.05) is 6.42 Å². The van der Waals surface area contributed by atoms with Crippen molar-refractivity contribution in [3.63, 3.8) is 0 Å². The van der Waals surface area contributed by atoms with Crippen LogP contribution in [-0.2, 0) is 9.53 Å². The maximum atomic E-state index is 11.9. The summed E-state index contributed by atoms with van der Waals surface area (Å²) in [5.74, 6) is 1.42. The molecule has 4 fully saturated rings. The number of aliphatic hydroxyl groups excluding tert-OH is 3. The van der Waals surface area contributed by atoms with E-state index in [1.807, 2.05) is 0 Å². The normalized spacial score (nSPS) is 52.8. The van der Waals surface area contributed by atoms with Crippen molar-refractivity contribution in [3.8, 4) is 0 Å². The van der Waals surface area contributed by atoms with Crippen molar-refractivity contribution in [2.24, 2.45) is 46.3 Å². The van der Waals surface area contributed by atoms with E-state index in [4.69, 9.17) is 4.74 Å². The molecule has 0 bridgehead atoms. The first-order valence-corrected chi connectivity index (χ1v) is 11.7. The molecule has 0 spiro atoms. The van der Waals surface area contributed by atoms with E-state index < -0.39 is 6.10 Å². The first-order valence-electron chi connectivity index (χ1n) is 11.7. The second-order valence-electron chi connectivity index (χ2n) is 11.3. The quantitative estimate of drug-likeness (QED) is 0.625. The number of ether oxygens (including phenoxy) is 1. The average Bonchev–Trinajstić information content (AvgIpc) is 3.02. The molecule has 0 aromatic carbocycles. The molecular weight excluding hydrogens is 368 g/mol. The van der Waals surface area contributed by atoms with Gasteiger partial charge in [-0.05, 0) is 91.3 Å². The van der Waals surface area contributed by atoms with Gasteiger partial charge in [-0.2, -0.15) is 0 Å². The first kappa shape index (κ1) is 21.6. The van der Waals surface area contributed by atoms with Gasteiger partial charge in [-0.25, -0.2) is 0 Å². The molecule has 11 atom stereocenters. The van der Waals surface area contributed by atoms with E-state index in [1.165, 1.54) is 7.11 Å². The van der Waals surface area contributed by atoms with E-state index in [1.54, 1.807) is 0 Å². The Morgan fingerprint density at radius 1 is 1.07 bits per heavy atom. The highest BCUT2D eigenvalue weighted by molar-refractivity contribution is 5.69. The fourth-order valence-electron chi connectivity index (χ4n) is 8.62.